The summed E-state index contributed by atoms with van der Waals surface area (Å²) in [6.07, 6.45) is 0. The van der Waals surface area contributed by atoms with E-state index in [9.17, 15) is 4.79 Å². The van der Waals surface area contributed by atoms with E-state index in [1.807, 2.05) is 35.5 Å². The Balaban J connectivity index is 2.53. The number of hydrogen-bond donors (Lipinski definition) is 0. The zero-order chi connectivity index (χ0) is 16.5. The largest absolute Gasteiger partial charge is 0.450 e. The summed E-state index contributed by atoms with van der Waals surface area (Å²) in [6, 6.07) is 9.18. The predicted molar refractivity (Wildman–Crippen MR) is 99.4 cm³/mol. The van der Waals surface area contributed by atoms with Crippen LogP contribution >= 0.6 is 11.2 Å². The van der Waals surface area contributed by atoms with E-state index in [0.717, 1.165) is 5.09 Å². The number of para-hydroxylation sites is 1. The van der Waals surface area contributed by atoms with Crippen molar-refractivity contribution in [3.63, 3.8) is 0 Å². The molecule has 2 rings (SSSR count). The van der Waals surface area contributed by atoms with E-state index in [4.69, 9.17) is 4.42 Å². The van der Waals surface area contributed by atoms with Crippen LogP contribution in [0.3, 0.4) is 0 Å². The Kier molecular flexibility index (Phi) is 5.23. The smallest absolute Gasteiger partial charge is 0.193 e. The number of fused-ring (bicyclic) bond motifs is 1. The first-order chi connectivity index (χ1) is 10.3. The molecule has 0 fully saturated rings. The second-order valence-electron chi connectivity index (χ2n) is 6.85. The number of hydrogen-bond acceptors (Lipinski definition) is 3. The molecule has 22 heavy (non-hydrogen) atoms. The van der Waals surface area contributed by atoms with Crippen LogP contribution in [-0.2, 0) is 0 Å². The van der Waals surface area contributed by atoms with Crippen LogP contribution < -0.4 is 5.43 Å². The number of benzene rings is 1. The van der Waals surface area contributed by atoms with Gasteiger partial charge < -0.3 is 4.42 Å². The van der Waals surface area contributed by atoms with Crippen LogP contribution in [0.2, 0.25) is 16.6 Å². The molecule has 0 atom stereocenters. The SMILES string of the molecule is CC(C)[Si](Sc1cc(=O)c2ccccc2o1)(C(C)C)C(C)C. The molecule has 0 unspecified atom stereocenters. The minimum Gasteiger partial charge on any atom is -0.450 e. The van der Waals surface area contributed by atoms with Crippen LogP contribution in [0.5, 0.6) is 0 Å². The van der Waals surface area contributed by atoms with Gasteiger partial charge in [0.15, 0.2) is 10.5 Å². The van der Waals surface area contributed by atoms with Gasteiger partial charge >= 0.3 is 0 Å². The molecule has 0 aliphatic heterocycles. The second kappa shape index (κ2) is 6.63. The van der Waals surface area contributed by atoms with Crippen LogP contribution in [0.4, 0.5) is 0 Å². The van der Waals surface area contributed by atoms with Crippen molar-refractivity contribution in [2.45, 2.75) is 63.3 Å². The Morgan fingerprint density at radius 3 is 2.05 bits per heavy atom. The van der Waals surface area contributed by atoms with Crippen molar-refractivity contribution in [2.24, 2.45) is 0 Å². The second-order valence-corrected chi connectivity index (χ2v) is 15.4. The van der Waals surface area contributed by atoms with Gasteiger partial charge in [-0.3, -0.25) is 4.79 Å². The topological polar surface area (TPSA) is 30.2 Å². The average Bonchev–Trinajstić information content (AvgIpc) is 2.43. The van der Waals surface area contributed by atoms with E-state index < -0.39 is 7.22 Å². The zero-order valence-electron chi connectivity index (χ0n) is 14.3. The lowest BCUT2D eigenvalue weighted by Gasteiger charge is -2.41. The third kappa shape index (κ3) is 3.04. The molecule has 1 aromatic carbocycles. The van der Waals surface area contributed by atoms with Gasteiger partial charge in [0.25, 0.3) is 0 Å². The maximum absolute atomic E-state index is 12.3. The van der Waals surface area contributed by atoms with Crippen molar-refractivity contribution in [1.82, 2.24) is 0 Å². The summed E-state index contributed by atoms with van der Waals surface area (Å²) in [4.78, 5) is 12.3. The first-order valence-electron chi connectivity index (χ1n) is 8.01. The van der Waals surface area contributed by atoms with Gasteiger partial charge in [-0.15, -0.1) is 11.2 Å². The summed E-state index contributed by atoms with van der Waals surface area (Å²) in [5, 5.41) is 1.45. The van der Waals surface area contributed by atoms with Crippen LogP contribution in [0.25, 0.3) is 11.0 Å². The molecule has 0 aliphatic carbocycles. The monoisotopic (exact) mass is 334 g/mol. The van der Waals surface area contributed by atoms with Gasteiger partial charge in [-0.25, -0.2) is 0 Å². The molecule has 2 aromatic rings. The third-order valence-corrected chi connectivity index (χ3v) is 16.7. The molecule has 0 saturated heterocycles. The fourth-order valence-corrected chi connectivity index (χ4v) is 12.5. The minimum atomic E-state index is -1.69. The van der Waals surface area contributed by atoms with Gasteiger partial charge in [0.05, 0.1) is 5.39 Å². The molecule has 0 amide bonds. The summed E-state index contributed by atoms with van der Waals surface area (Å²) in [6.45, 7) is 13.9. The van der Waals surface area contributed by atoms with Gasteiger partial charge in [-0.2, -0.15) is 0 Å². The van der Waals surface area contributed by atoms with Gasteiger partial charge in [0, 0.05) is 6.07 Å². The lowest BCUT2D eigenvalue weighted by atomic mass is 10.2. The van der Waals surface area contributed by atoms with Gasteiger partial charge in [0.2, 0.25) is 0 Å². The molecule has 0 saturated carbocycles. The highest BCUT2D eigenvalue weighted by Gasteiger charge is 2.44. The summed E-state index contributed by atoms with van der Waals surface area (Å²) in [7, 11) is -1.69. The summed E-state index contributed by atoms with van der Waals surface area (Å²) in [5.74, 6) is 0. The Hall–Kier alpha value is -1.00. The Morgan fingerprint density at radius 1 is 0.955 bits per heavy atom. The first kappa shape index (κ1) is 17.4. The fourth-order valence-electron chi connectivity index (χ4n) is 3.66. The van der Waals surface area contributed by atoms with Crippen molar-refractivity contribution in [3.8, 4) is 0 Å². The van der Waals surface area contributed by atoms with Gasteiger partial charge in [-0.05, 0) is 28.8 Å². The van der Waals surface area contributed by atoms with Crippen LogP contribution in [-0.4, -0.2) is 7.22 Å². The lowest BCUT2D eigenvalue weighted by Crippen LogP contribution is -2.41. The van der Waals surface area contributed by atoms with Gasteiger partial charge in [-0.1, -0.05) is 53.7 Å². The standard InChI is InChI=1S/C18H26O2SSi/c1-12(2)22(13(3)4,14(5)6)21-18-11-16(19)15-9-7-8-10-17(15)20-18/h7-14H,1-6H3. The van der Waals surface area contributed by atoms with Crippen LogP contribution in [0, 0.1) is 0 Å². The summed E-state index contributed by atoms with van der Waals surface area (Å²) < 4.78 is 6.05. The molecule has 0 N–H and O–H groups in total. The van der Waals surface area contributed by atoms with E-state index in [1.165, 1.54) is 0 Å². The highest BCUT2D eigenvalue weighted by atomic mass is 32.4. The molecule has 0 spiro atoms. The van der Waals surface area contributed by atoms with Crippen molar-refractivity contribution < 1.29 is 4.42 Å². The molecule has 0 aliphatic rings. The molecular formula is C18H26O2SSi. The molecule has 120 valence electrons. The fraction of sp³-hybridized carbons (Fsp3) is 0.500. The molecule has 4 heteroatoms. The molecule has 0 bridgehead atoms. The van der Waals surface area contributed by atoms with E-state index in [0.29, 0.717) is 27.6 Å². The normalized spacial score (nSPS) is 12.8. The Labute approximate surface area is 138 Å². The zero-order valence-corrected chi connectivity index (χ0v) is 16.2. The minimum absolute atomic E-state index is 0.0588. The predicted octanol–water partition coefficient (Wildman–Crippen LogP) is 6.06. The van der Waals surface area contributed by atoms with Gasteiger partial charge in [0.1, 0.15) is 12.8 Å². The maximum atomic E-state index is 12.3. The van der Waals surface area contributed by atoms with E-state index in [1.54, 1.807) is 6.07 Å². The molecule has 1 heterocycles. The number of rotatable bonds is 5. The van der Waals surface area contributed by atoms with Crippen molar-refractivity contribution in [2.75, 3.05) is 0 Å². The summed E-state index contributed by atoms with van der Waals surface area (Å²) in [5.41, 5.74) is 2.61. The quantitative estimate of drug-likeness (QED) is 0.622. The average molecular weight is 335 g/mol. The first-order valence-corrected chi connectivity index (χ1v) is 11.8. The van der Waals surface area contributed by atoms with Crippen LogP contribution in [0.15, 0.2) is 44.6 Å². The maximum Gasteiger partial charge on any atom is 0.193 e. The van der Waals surface area contributed by atoms with Crippen LogP contribution in [0.1, 0.15) is 41.5 Å². The summed E-state index contributed by atoms with van der Waals surface area (Å²) >= 11 is 1.86. The van der Waals surface area contributed by atoms with E-state index in [2.05, 4.69) is 41.5 Å². The molecular weight excluding hydrogens is 308 g/mol. The third-order valence-electron chi connectivity index (χ3n) is 4.60. The van der Waals surface area contributed by atoms with Crippen molar-refractivity contribution >= 4 is 29.4 Å². The Morgan fingerprint density at radius 2 is 1.50 bits per heavy atom. The molecule has 2 nitrogen and oxygen atoms in total. The highest BCUT2D eigenvalue weighted by molar-refractivity contribution is 8.29. The van der Waals surface area contributed by atoms with Crippen molar-refractivity contribution in [3.05, 3.63) is 40.6 Å². The van der Waals surface area contributed by atoms with Crippen molar-refractivity contribution in [1.29, 1.82) is 0 Å². The highest BCUT2D eigenvalue weighted by Crippen LogP contribution is 2.51. The molecule has 0 radical (unpaired) electrons. The Bertz CT molecular complexity index is 682. The van der Waals surface area contributed by atoms with E-state index >= 15 is 0 Å². The lowest BCUT2D eigenvalue weighted by molar-refractivity contribution is 0.501. The molecule has 1 aromatic heterocycles. The van der Waals surface area contributed by atoms with E-state index in [-0.39, 0.29) is 5.43 Å².